The second kappa shape index (κ2) is 5.84. The molecule has 1 amide bonds. The fourth-order valence-corrected chi connectivity index (χ4v) is 4.79. The van der Waals surface area contributed by atoms with E-state index in [1.807, 2.05) is 6.92 Å². The van der Waals surface area contributed by atoms with Crippen LogP contribution in [-0.2, 0) is 9.84 Å². The lowest BCUT2D eigenvalue weighted by Crippen LogP contribution is -2.22. The topological polar surface area (TPSA) is 101 Å². The quantitative estimate of drug-likeness (QED) is 0.736. The van der Waals surface area contributed by atoms with E-state index in [-0.39, 0.29) is 27.4 Å². The summed E-state index contributed by atoms with van der Waals surface area (Å²) in [6, 6.07) is 0.172. The van der Waals surface area contributed by atoms with Crippen LogP contribution in [0.25, 0.3) is 0 Å². The highest BCUT2D eigenvalue weighted by Gasteiger charge is 2.32. The number of nitrogens with two attached hydrogens (primary N) is 1. The normalized spacial score (nSPS) is 16.5. The van der Waals surface area contributed by atoms with Crippen molar-refractivity contribution in [1.82, 2.24) is 5.32 Å². The molecule has 21 heavy (non-hydrogen) atoms. The molecule has 0 bridgehead atoms. The van der Waals surface area contributed by atoms with Gasteiger partial charge in [-0.3, -0.25) is 4.79 Å². The molecule has 0 saturated heterocycles. The van der Waals surface area contributed by atoms with Gasteiger partial charge in [-0.15, -0.1) is 11.3 Å². The van der Waals surface area contributed by atoms with E-state index in [4.69, 9.17) is 5.73 Å². The van der Waals surface area contributed by atoms with Crippen molar-refractivity contribution < 1.29 is 13.2 Å². The number of hydrogen-bond acceptors (Lipinski definition) is 6. The Kier molecular flexibility index (Phi) is 4.48. The van der Waals surface area contributed by atoms with E-state index in [1.165, 1.54) is 0 Å². The summed E-state index contributed by atoms with van der Waals surface area (Å²) < 4.78 is 24.0. The van der Waals surface area contributed by atoms with Crippen LogP contribution < -0.4 is 16.4 Å². The van der Waals surface area contributed by atoms with E-state index < -0.39 is 9.84 Å². The molecule has 1 heterocycles. The van der Waals surface area contributed by atoms with Gasteiger partial charge < -0.3 is 16.4 Å². The molecule has 1 saturated carbocycles. The van der Waals surface area contributed by atoms with Gasteiger partial charge in [0.25, 0.3) is 5.91 Å². The SMILES string of the molecule is CCNC(=O)c1sc(NC(C)C2CC2)c(S(C)(=O)=O)c1N. The molecule has 1 unspecified atom stereocenters. The number of anilines is 2. The van der Waals surface area contributed by atoms with Crippen LogP contribution in [-0.4, -0.2) is 33.2 Å². The third-order valence-corrected chi connectivity index (χ3v) is 5.93. The Balaban J connectivity index is 2.41. The monoisotopic (exact) mass is 331 g/mol. The average Bonchev–Trinajstić information content (AvgIpc) is 3.13. The van der Waals surface area contributed by atoms with Crippen molar-refractivity contribution in [3.63, 3.8) is 0 Å². The molecular formula is C13H21N3O3S2. The van der Waals surface area contributed by atoms with E-state index in [9.17, 15) is 13.2 Å². The van der Waals surface area contributed by atoms with Crippen LogP contribution in [0, 0.1) is 5.92 Å². The molecule has 1 aliphatic carbocycles. The summed E-state index contributed by atoms with van der Waals surface area (Å²) >= 11 is 1.11. The maximum Gasteiger partial charge on any atom is 0.263 e. The molecule has 2 rings (SSSR count). The molecule has 1 atom stereocenters. The fourth-order valence-electron chi connectivity index (χ4n) is 2.22. The molecule has 6 nitrogen and oxygen atoms in total. The lowest BCUT2D eigenvalue weighted by Gasteiger charge is -2.13. The fraction of sp³-hybridized carbons (Fsp3) is 0.615. The first kappa shape index (κ1) is 16.1. The highest BCUT2D eigenvalue weighted by molar-refractivity contribution is 7.91. The lowest BCUT2D eigenvalue weighted by molar-refractivity contribution is 0.0960. The smallest absolute Gasteiger partial charge is 0.263 e. The van der Waals surface area contributed by atoms with Crippen LogP contribution in [0.3, 0.4) is 0 Å². The summed E-state index contributed by atoms with van der Waals surface area (Å²) in [5, 5.41) is 6.34. The molecular weight excluding hydrogens is 310 g/mol. The van der Waals surface area contributed by atoms with Gasteiger partial charge in [0, 0.05) is 18.8 Å². The highest BCUT2D eigenvalue weighted by atomic mass is 32.2. The summed E-state index contributed by atoms with van der Waals surface area (Å²) in [5.41, 5.74) is 5.96. The van der Waals surface area contributed by atoms with Crippen molar-refractivity contribution >= 4 is 37.8 Å². The number of nitrogens with one attached hydrogen (secondary N) is 2. The van der Waals surface area contributed by atoms with Crippen molar-refractivity contribution in [2.75, 3.05) is 23.9 Å². The summed E-state index contributed by atoms with van der Waals surface area (Å²) in [4.78, 5) is 12.3. The number of hydrogen-bond donors (Lipinski definition) is 3. The molecule has 0 aliphatic heterocycles. The average molecular weight is 331 g/mol. The zero-order valence-electron chi connectivity index (χ0n) is 12.4. The molecule has 1 aromatic rings. The predicted molar refractivity (Wildman–Crippen MR) is 85.7 cm³/mol. The molecule has 0 spiro atoms. The maximum atomic E-state index is 12.0. The maximum absolute atomic E-state index is 12.0. The standard InChI is InChI=1S/C13H21N3O3S2/c1-4-15-12(17)10-9(14)11(21(3,18)19)13(20-10)16-7(2)8-5-6-8/h7-8,16H,4-6,14H2,1-3H3,(H,15,17). The summed E-state index contributed by atoms with van der Waals surface area (Å²) in [5.74, 6) is 0.227. The minimum Gasteiger partial charge on any atom is -0.396 e. The van der Waals surface area contributed by atoms with E-state index in [0.717, 1.165) is 30.4 Å². The number of sulfone groups is 1. The van der Waals surface area contributed by atoms with Crippen LogP contribution in [0.2, 0.25) is 0 Å². The molecule has 1 fully saturated rings. The van der Waals surface area contributed by atoms with E-state index >= 15 is 0 Å². The van der Waals surface area contributed by atoms with E-state index in [1.54, 1.807) is 6.92 Å². The molecule has 1 aliphatic rings. The van der Waals surface area contributed by atoms with Crippen molar-refractivity contribution in [3.05, 3.63) is 4.88 Å². The van der Waals surface area contributed by atoms with E-state index in [2.05, 4.69) is 10.6 Å². The number of carbonyl (C=O) groups is 1. The third-order valence-electron chi connectivity index (χ3n) is 3.50. The van der Waals surface area contributed by atoms with Gasteiger partial charge in [-0.25, -0.2) is 8.42 Å². The molecule has 0 radical (unpaired) electrons. The van der Waals surface area contributed by atoms with Crippen molar-refractivity contribution in [2.24, 2.45) is 5.92 Å². The van der Waals surface area contributed by atoms with Gasteiger partial charge in [0.15, 0.2) is 9.84 Å². The number of carbonyl (C=O) groups excluding carboxylic acids is 1. The minimum absolute atomic E-state index is 0.0407. The first-order valence-corrected chi connectivity index (χ1v) is 9.63. The Bertz CT molecular complexity index is 648. The Labute approximate surface area is 129 Å². The molecule has 1 aromatic heterocycles. The van der Waals surface area contributed by atoms with Crippen LogP contribution in [0.4, 0.5) is 10.7 Å². The number of amides is 1. The van der Waals surface area contributed by atoms with Crippen molar-refractivity contribution in [2.45, 2.75) is 37.6 Å². The second-order valence-corrected chi connectivity index (χ2v) is 8.38. The second-order valence-electron chi connectivity index (χ2n) is 5.41. The highest BCUT2D eigenvalue weighted by Crippen LogP contribution is 2.42. The van der Waals surface area contributed by atoms with Gasteiger partial charge in [-0.2, -0.15) is 0 Å². The summed E-state index contributed by atoms with van der Waals surface area (Å²) in [7, 11) is -3.50. The molecule has 118 valence electrons. The van der Waals surface area contributed by atoms with Gasteiger partial charge in [-0.05, 0) is 32.6 Å². The van der Waals surface area contributed by atoms with Crippen LogP contribution in [0.1, 0.15) is 36.4 Å². The zero-order chi connectivity index (χ0) is 15.8. The molecule has 8 heteroatoms. The number of thiophene rings is 1. The Hall–Kier alpha value is -1.28. The van der Waals surface area contributed by atoms with E-state index in [0.29, 0.717) is 17.5 Å². The molecule has 4 N–H and O–H groups in total. The van der Waals surface area contributed by atoms with Crippen molar-refractivity contribution in [1.29, 1.82) is 0 Å². The Morgan fingerprint density at radius 2 is 2.10 bits per heavy atom. The van der Waals surface area contributed by atoms with Crippen LogP contribution in [0.15, 0.2) is 4.90 Å². The van der Waals surface area contributed by atoms with Gasteiger partial charge in [0.05, 0.1) is 5.69 Å². The first-order chi connectivity index (χ1) is 9.75. The Morgan fingerprint density at radius 1 is 1.48 bits per heavy atom. The van der Waals surface area contributed by atoms with Crippen molar-refractivity contribution in [3.8, 4) is 0 Å². The largest absolute Gasteiger partial charge is 0.396 e. The lowest BCUT2D eigenvalue weighted by atomic mass is 10.2. The number of rotatable bonds is 6. The first-order valence-electron chi connectivity index (χ1n) is 6.92. The molecule has 0 aromatic carbocycles. The predicted octanol–water partition coefficient (Wildman–Crippen LogP) is 1.69. The van der Waals surface area contributed by atoms with Gasteiger partial charge in [0.1, 0.15) is 14.8 Å². The zero-order valence-corrected chi connectivity index (χ0v) is 14.0. The van der Waals surface area contributed by atoms with Gasteiger partial charge in [0.2, 0.25) is 0 Å². The summed E-state index contributed by atoms with van der Waals surface area (Å²) in [6.07, 6.45) is 3.40. The third kappa shape index (κ3) is 3.49. The number of nitrogen functional groups attached to an aromatic ring is 1. The van der Waals surface area contributed by atoms with Crippen LogP contribution >= 0.6 is 11.3 Å². The Morgan fingerprint density at radius 3 is 2.57 bits per heavy atom. The summed E-state index contributed by atoms with van der Waals surface area (Å²) in [6.45, 7) is 4.28. The van der Waals surface area contributed by atoms with Gasteiger partial charge >= 0.3 is 0 Å². The van der Waals surface area contributed by atoms with Gasteiger partial charge in [-0.1, -0.05) is 0 Å². The minimum atomic E-state index is -3.50. The van der Waals surface area contributed by atoms with Crippen LogP contribution in [0.5, 0.6) is 0 Å².